The Morgan fingerprint density at radius 2 is 1.55 bits per heavy atom. The molecular weight excluding hydrogens is 412 g/mol. The first-order chi connectivity index (χ1) is 16.2. The average Bonchev–Trinajstić information content (AvgIpc) is 3.25. The molecule has 0 amide bonds. The molecule has 0 atom stereocenters. The van der Waals surface area contributed by atoms with Crippen molar-refractivity contribution in [2.45, 2.75) is 20.4 Å². The molecule has 0 saturated carbocycles. The molecule has 2 aromatic heterocycles. The normalized spacial score (nSPS) is 14.7. The quantitative estimate of drug-likeness (QED) is 0.435. The van der Waals surface area contributed by atoms with Crippen molar-refractivity contribution in [1.82, 2.24) is 24.6 Å². The smallest absolute Gasteiger partial charge is 0.163 e. The molecule has 1 saturated heterocycles. The molecule has 3 heterocycles. The molecule has 0 radical (unpaired) electrons. The lowest BCUT2D eigenvalue weighted by molar-refractivity contribution is 0.200. The van der Waals surface area contributed by atoms with Crippen LogP contribution in [0.25, 0.3) is 11.0 Å². The van der Waals surface area contributed by atoms with Crippen molar-refractivity contribution in [3.63, 3.8) is 0 Å². The summed E-state index contributed by atoms with van der Waals surface area (Å²) < 4.78 is 7.87. The van der Waals surface area contributed by atoms with E-state index < -0.39 is 0 Å². The molecular formula is C26H30N6O. The van der Waals surface area contributed by atoms with Crippen molar-refractivity contribution in [1.29, 1.82) is 0 Å². The summed E-state index contributed by atoms with van der Waals surface area (Å²) in [6.45, 7) is 10.4. The highest BCUT2D eigenvalue weighted by Gasteiger charge is 2.21. The minimum Gasteiger partial charge on any atom is -0.492 e. The monoisotopic (exact) mass is 442 g/mol. The Balaban J connectivity index is 1.19. The van der Waals surface area contributed by atoms with Gasteiger partial charge in [-0.15, -0.1) is 0 Å². The van der Waals surface area contributed by atoms with E-state index in [1.807, 2.05) is 23.0 Å². The zero-order valence-corrected chi connectivity index (χ0v) is 19.3. The largest absolute Gasteiger partial charge is 0.492 e. The minimum absolute atomic E-state index is 0.701. The summed E-state index contributed by atoms with van der Waals surface area (Å²) >= 11 is 0. The molecule has 1 aliphatic heterocycles. The first-order valence-corrected chi connectivity index (χ1v) is 11.5. The number of aryl methyl sites for hydroxylation is 2. The van der Waals surface area contributed by atoms with Gasteiger partial charge in [-0.25, -0.2) is 14.6 Å². The second kappa shape index (κ2) is 9.58. The summed E-state index contributed by atoms with van der Waals surface area (Å²) in [7, 11) is 0. The predicted molar refractivity (Wildman–Crippen MR) is 131 cm³/mol. The topological polar surface area (TPSA) is 59.3 Å². The number of rotatable bonds is 7. The van der Waals surface area contributed by atoms with Crippen LogP contribution in [0.4, 0.5) is 5.82 Å². The van der Waals surface area contributed by atoms with Crippen molar-refractivity contribution in [3.05, 3.63) is 77.7 Å². The third kappa shape index (κ3) is 4.98. The van der Waals surface area contributed by atoms with Crippen LogP contribution in [0.15, 0.2) is 61.1 Å². The maximum Gasteiger partial charge on any atom is 0.163 e. The van der Waals surface area contributed by atoms with Gasteiger partial charge in [-0.05, 0) is 31.5 Å². The standard InChI is InChI=1S/C26H30N6O/c1-20-3-7-22(8-4-20)18-32-26-24(17-29-32)25(27-19-28-26)31-13-11-30(12-14-31)15-16-33-23-9-5-21(2)6-10-23/h3-10,17,19H,11-16,18H2,1-2H3. The molecule has 0 spiro atoms. The molecule has 1 fully saturated rings. The van der Waals surface area contributed by atoms with Crippen molar-refractivity contribution in [2.75, 3.05) is 44.2 Å². The lowest BCUT2D eigenvalue weighted by atomic mass is 10.1. The van der Waals surface area contributed by atoms with Gasteiger partial charge in [0.25, 0.3) is 0 Å². The van der Waals surface area contributed by atoms with Gasteiger partial charge in [0.2, 0.25) is 0 Å². The van der Waals surface area contributed by atoms with Gasteiger partial charge in [-0.3, -0.25) is 4.90 Å². The van der Waals surface area contributed by atoms with Crippen LogP contribution in [-0.2, 0) is 6.54 Å². The van der Waals surface area contributed by atoms with Gasteiger partial charge in [0.15, 0.2) is 5.65 Å². The van der Waals surface area contributed by atoms with Crippen molar-refractivity contribution in [3.8, 4) is 5.75 Å². The lowest BCUT2D eigenvalue weighted by Gasteiger charge is -2.35. The highest BCUT2D eigenvalue weighted by Crippen LogP contribution is 2.24. The molecule has 0 bridgehead atoms. The zero-order chi connectivity index (χ0) is 22.6. The van der Waals surface area contributed by atoms with Gasteiger partial charge in [-0.2, -0.15) is 5.10 Å². The molecule has 7 nitrogen and oxygen atoms in total. The van der Waals surface area contributed by atoms with E-state index >= 15 is 0 Å². The van der Waals surface area contributed by atoms with E-state index in [2.05, 4.69) is 75.1 Å². The van der Waals surface area contributed by atoms with Crippen LogP contribution in [0.3, 0.4) is 0 Å². The number of aromatic nitrogens is 4. The lowest BCUT2D eigenvalue weighted by Crippen LogP contribution is -2.47. The fourth-order valence-corrected chi connectivity index (χ4v) is 4.23. The number of benzene rings is 2. The van der Waals surface area contributed by atoms with Crippen LogP contribution in [0.2, 0.25) is 0 Å². The molecule has 7 heteroatoms. The third-order valence-corrected chi connectivity index (χ3v) is 6.23. The maximum atomic E-state index is 5.90. The summed E-state index contributed by atoms with van der Waals surface area (Å²) in [6.07, 6.45) is 3.56. The third-order valence-electron chi connectivity index (χ3n) is 6.23. The summed E-state index contributed by atoms with van der Waals surface area (Å²) in [5, 5.41) is 5.63. The summed E-state index contributed by atoms with van der Waals surface area (Å²) in [4.78, 5) is 13.9. The van der Waals surface area contributed by atoms with E-state index in [1.165, 1.54) is 16.7 Å². The van der Waals surface area contributed by atoms with Crippen LogP contribution < -0.4 is 9.64 Å². The number of hydrogen-bond acceptors (Lipinski definition) is 6. The fourth-order valence-electron chi connectivity index (χ4n) is 4.23. The molecule has 1 aliphatic rings. The molecule has 0 N–H and O–H groups in total. The zero-order valence-electron chi connectivity index (χ0n) is 19.3. The first kappa shape index (κ1) is 21.4. The second-order valence-electron chi connectivity index (χ2n) is 8.71. The van der Waals surface area contributed by atoms with Crippen molar-refractivity contribution >= 4 is 16.9 Å². The van der Waals surface area contributed by atoms with Gasteiger partial charge in [0.1, 0.15) is 24.5 Å². The van der Waals surface area contributed by atoms with E-state index in [0.717, 1.165) is 55.3 Å². The van der Waals surface area contributed by atoms with Gasteiger partial charge in [0.05, 0.1) is 18.1 Å². The highest BCUT2D eigenvalue weighted by molar-refractivity contribution is 5.86. The first-order valence-electron chi connectivity index (χ1n) is 11.5. The Morgan fingerprint density at radius 1 is 0.848 bits per heavy atom. The van der Waals surface area contributed by atoms with Crippen LogP contribution in [0.5, 0.6) is 5.75 Å². The fraction of sp³-hybridized carbons (Fsp3) is 0.346. The molecule has 5 rings (SSSR count). The number of fused-ring (bicyclic) bond motifs is 1. The number of ether oxygens (including phenoxy) is 1. The van der Waals surface area contributed by atoms with Gasteiger partial charge in [-0.1, -0.05) is 47.5 Å². The van der Waals surface area contributed by atoms with Crippen molar-refractivity contribution in [2.24, 2.45) is 0 Å². The van der Waals surface area contributed by atoms with Crippen LogP contribution in [0, 0.1) is 13.8 Å². The van der Waals surface area contributed by atoms with Gasteiger partial charge in [0, 0.05) is 32.7 Å². The number of piperazine rings is 1. The number of hydrogen-bond donors (Lipinski definition) is 0. The Bertz CT molecular complexity index is 1190. The van der Waals surface area contributed by atoms with Gasteiger partial charge >= 0.3 is 0 Å². The van der Waals surface area contributed by atoms with E-state index in [1.54, 1.807) is 6.33 Å². The molecule has 0 aliphatic carbocycles. The summed E-state index contributed by atoms with van der Waals surface area (Å²) in [5.41, 5.74) is 4.61. The van der Waals surface area contributed by atoms with Crippen molar-refractivity contribution < 1.29 is 4.74 Å². The summed E-state index contributed by atoms with van der Waals surface area (Å²) in [6, 6.07) is 16.8. The number of nitrogens with zero attached hydrogens (tertiary/aromatic N) is 6. The second-order valence-corrected chi connectivity index (χ2v) is 8.71. The molecule has 4 aromatic rings. The predicted octanol–water partition coefficient (Wildman–Crippen LogP) is 3.69. The SMILES string of the molecule is Cc1ccc(Cn2ncc3c(N4CCN(CCOc5ccc(C)cc5)CC4)ncnc32)cc1. The molecule has 2 aromatic carbocycles. The Hall–Kier alpha value is -3.45. The molecule has 170 valence electrons. The van der Waals surface area contributed by atoms with Crippen LogP contribution in [0.1, 0.15) is 16.7 Å². The Labute approximate surface area is 194 Å². The van der Waals surface area contributed by atoms with Crippen LogP contribution in [-0.4, -0.2) is 64.0 Å². The summed E-state index contributed by atoms with van der Waals surface area (Å²) in [5.74, 6) is 1.91. The maximum absolute atomic E-state index is 5.90. The van der Waals surface area contributed by atoms with E-state index in [-0.39, 0.29) is 0 Å². The van der Waals surface area contributed by atoms with E-state index in [9.17, 15) is 0 Å². The van der Waals surface area contributed by atoms with Crippen LogP contribution >= 0.6 is 0 Å². The van der Waals surface area contributed by atoms with E-state index in [4.69, 9.17) is 4.74 Å². The van der Waals surface area contributed by atoms with E-state index in [0.29, 0.717) is 13.2 Å². The highest BCUT2D eigenvalue weighted by atomic mass is 16.5. The molecule has 0 unspecified atom stereocenters. The minimum atomic E-state index is 0.701. The number of anilines is 1. The Kier molecular flexibility index (Phi) is 6.21. The molecule has 33 heavy (non-hydrogen) atoms. The van der Waals surface area contributed by atoms with Gasteiger partial charge < -0.3 is 9.64 Å². The Morgan fingerprint density at radius 3 is 2.27 bits per heavy atom. The average molecular weight is 443 g/mol.